The van der Waals surface area contributed by atoms with Crippen LogP contribution in [-0.2, 0) is 4.79 Å². The zero-order valence-electron chi connectivity index (χ0n) is 10.8. The fraction of sp³-hybridized carbons (Fsp3) is 0.923. The molecular weight excluding hydrogens is 234 g/mol. The SMILES string of the molecule is CCCCSCC(=O)NCC1CCCC1CO. The predicted molar refractivity (Wildman–Crippen MR) is 73.2 cm³/mol. The van der Waals surface area contributed by atoms with Gasteiger partial charge in [-0.25, -0.2) is 0 Å². The van der Waals surface area contributed by atoms with Crippen molar-refractivity contribution in [1.29, 1.82) is 0 Å². The lowest BCUT2D eigenvalue weighted by molar-refractivity contribution is -0.118. The van der Waals surface area contributed by atoms with Crippen LogP contribution in [-0.4, -0.2) is 35.7 Å². The molecule has 2 unspecified atom stereocenters. The number of unbranched alkanes of at least 4 members (excludes halogenated alkanes) is 1. The maximum absolute atomic E-state index is 11.6. The molecule has 0 aromatic rings. The molecule has 1 rings (SSSR count). The normalized spacial score (nSPS) is 23.9. The van der Waals surface area contributed by atoms with E-state index in [4.69, 9.17) is 0 Å². The van der Waals surface area contributed by atoms with Crippen LogP contribution in [0.25, 0.3) is 0 Å². The molecule has 0 spiro atoms. The van der Waals surface area contributed by atoms with Crippen LogP contribution >= 0.6 is 11.8 Å². The van der Waals surface area contributed by atoms with E-state index in [1.807, 2.05) is 0 Å². The maximum atomic E-state index is 11.6. The van der Waals surface area contributed by atoms with E-state index in [-0.39, 0.29) is 12.5 Å². The van der Waals surface area contributed by atoms with Crippen LogP contribution in [0.15, 0.2) is 0 Å². The Hall–Kier alpha value is -0.220. The lowest BCUT2D eigenvalue weighted by atomic mass is 9.97. The first-order valence-electron chi connectivity index (χ1n) is 6.73. The minimum Gasteiger partial charge on any atom is -0.396 e. The van der Waals surface area contributed by atoms with Gasteiger partial charge in [0.05, 0.1) is 5.75 Å². The fourth-order valence-electron chi connectivity index (χ4n) is 2.33. The van der Waals surface area contributed by atoms with E-state index >= 15 is 0 Å². The van der Waals surface area contributed by atoms with Gasteiger partial charge in [0.1, 0.15) is 0 Å². The summed E-state index contributed by atoms with van der Waals surface area (Å²) in [5.41, 5.74) is 0. The number of amides is 1. The van der Waals surface area contributed by atoms with E-state index in [0.29, 0.717) is 17.6 Å². The van der Waals surface area contributed by atoms with Gasteiger partial charge in [-0.15, -0.1) is 0 Å². The lowest BCUT2D eigenvalue weighted by Crippen LogP contribution is -2.32. The van der Waals surface area contributed by atoms with Crippen LogP contribution in [0, 0.1) is 11.8 Å². The Bertz CT molecular complexity index is 223. The van der Waals surface area contributed by atoms with Gasteiger partial charge in [-0.3, -0.25) is 4.79 Å². The summed E-state index contributed by atoms with van der Waals surface area (Å²) >= 11 is 1.71. The van der Waals surface area contributed by atoms with Crippen LogP contribution < -0.4 is 5.32 Å². The van der Waals surface area contributed by atoms with E-state index in [0.717, 1.165) is 25.1 Å². The second kappa shape index (κ2) is 8.81. The molecule has 100 valence electrons. The van der Waals surface area contributed by atoms with Crippen LogP contribution in [0.1, 0.15) is 39.0 Å². The Morgan fingerprint density at radius 2 is 2.18 bits per heavy atom. The van der Waals surface area contributed by atoms with Crippen molar-refractivity contribution >= 4 is 17.7 Å². The van der Waals surface area contributed by atoms with Crippen LogP contribution in [0.2, 0.25) is 0 Å². The molecule has 17 heavy (non-hydrogen) atoms. The molecule has 1 aliphatic carbocycles. The highest BCUT2D eigenvalue weighted by molar-refractivity contribution is 7.99. The van der Waals surface area contributed by atoms with Gasteiger partial charge in [0.2, 0.25) is 5.91 Å². The van der Waals surface area contributed by atoms with Crippen molar-refractivity contribution in [3.8, 4) is 0 Å². The van der Waals surface area contributed by atoms with Crippen molar-refractivity contribution in [3.05, 3.63) is 0 Å². The lowest BCUT2D eigenvalue weighted by Gasteiger charge is -2.17. The third-order valence-corrected chi connectivity index (χ3v) is 4.53. The highest BCUT2D eigenvalue weighted by Crippen LogP contribution is 2.30. The van der Waals surface area contributed by atoms with Gasteiger partial charge in [0.25, 0.3) is 0 Å². The smallest absolute Gasteiger partial charge is 0.230 e. The zero-order chi connectivity index (χ0) is 12.5. The summed E-state index contributed by atoms with van der Waals surface area (Å²) in [6, 6.07) is 0. The van der Waals surface area contributed by atoms with Crippen molar-refractivity contribution in [2.24, 2.45) is 11.8 Å². The first-order valence-corrected chi connectivity index (χ1v) is 7.88. The number of aliphatic hydroxyl groups excluding tert-OH is 1. The van der Waals surface area contributed by atoms with Gasteiger partial charge in [0, 0.05) is 13.2 Å². The van der Waals surface area contributed by atoms with Crippen molar-refractivity contribution in [3.63, 3.8) is 0 Å². The largest absolute Gasteiger partial charge is 0.396 e. The number of hydrogen-bond donors (Lipinski definition) is 2. The van der Waals surface area contributed by atoms with E-state index in [1.54, 1.807) is 11.8 Å². The number of carbonyl (C=O) groups is 1. The molecule has 0 heterocycles. The summed E-state index contributed by atoms with van der Waals surface area (Å²) in [5, 5.41) is 12.2. The Morgan fingerprint density at radius 3 is 2.88 bits per heavy atom. The van der Waals surface area contributed by atoms with E-state index in [2.05, 4.69) is 12.2 Å². The van der Waals surface area contributed by atoms with Crippen LogP contribution in [0.4, 0.5) is 0 Å². The molecule has 1 aliphatic rings. The first kappa shape index (κ1) is 14.8. The molecule has 1 fully saturated rings. The average Bonchev–Trinajstić information content (AvgIpc) is 2.79. The summed E-state index contributed by atoms with van der Waals surface area (Å²) in [7, 11) is 0. The molecule has 2 atom stereocenters. The Labute approximate surface area is 109 Å². The van der Waals surface area contributed by atoms with Gasteiger partial charge in [-0.05, 0) is 36.9 Å². The number of nitrogens with one attached hydrogen (secondary N) is 1. The van der Waals surface area contributed by atoms with E-state index < -0.39 is 0 Å². The summed E-state index contributed by atoms with van der Waals surface area (Å²) in [5.74, 6) is 2.70. The minimum atomic E-state index is 0.148. The van der Waals surface area contributed by atoms with Gasteiger partial charge >= 0.3 is 0 Å². The highest BCUT2D eigenvalue weighted by atomic mass is 32.2. The molecule has 3 nitrogen and oxygen atoms in total. The predicted octanol–water partition coefficient (Wildman–Crippen LogP) is 2.04. The van der Waals surface area contributed by atoms with Gasteiger partial charge in [0.15, 0.2) is 0 Å². The zero-order valence-corrected chi connectivity index (χ0v) is 11.6. The molecule has 1 amide bonds. The number of hydrogen-bond acceptors (Lipinski definition) is 3. The molecule has 0 aromatic heterocycles. The minimum absolute atomic E-state index is 0.148. The van der Waals surface area contributed by atoms with Crippen molar-refractivity contribution in [2.45, 2.75) is 39.0 Å². The van der Waals surface area contributed by atoms with Crippen molar-refractivity contribution in [1.82, 2.24) is 5.32 Å². The maximum Gasteiger partial charge on any atom is 0.230 e. The average molecular weight is 259 g/mol. The molecule has 0 radical (unpaired) electrons. The standard InChI is InChI=1S/C13H25NO2S/c1-2-3-7-17-10-13(16)14-8-11-5-4-6-12(11)9-15/h11-12,15H,2-10H2,1H3,(H,14,16). The Balaban J connectivity index is 2.06. The molecule has 0 saturated heterocycles. The summed E-state index contributed by atoms with van der Waals surface area (Å²) in [6.07, 6.45) is 5.83. The molecule has 0 bridgehead atoms. The number of rotatable bonds is 8. The summed E-state index contributed by atoms with van der Waals surface area (Å²) < 4.78 is 0. The topological polar surface area (TPSA) is 49.3 Å². The van der Waals surface area contributed by atoms with Gasteiger partial charge in [-0.1, -0.05) is 19.8 Å². The molecule has 4 heteroatoms. The number of carbonyl (C=O) groups excluding carboxylic acids is 1. The van der Waals surface area contributed by atoms with Gasteiger partial charge in [-0.2, -0.15) is 11.8 Å². The van der Waals surface area contributed by atoms with E-state index in [9.17, 15) is 9.90 Å². The highest BCUT2D eigenvalue weighted by Gasteiger charge is 2.26. The quantitative estimate of drug-likeness (QED) is 0.656. The molecule has 1 saturated carbocycles. The van der Waals surface area contributed by atoms with Crippen molar-refractivity contribution in [2.75, 3.05) is 24.7 Å². The second-order valence-electron chi connectivity index (χ2n) is 4.84. The number of aliphatic hydroxyl groups is 1. The summed E-state index contributed by atoms with van der Waals surface area (Å²) in [6.45, 7) is 3.18. The Kier molecular flexibility index (Phi) is 7.69. The fourth-order valence-corrected chi connectivity index (χ4v) is 3.25. The first-order chi connectivity index (χ1) is 8.27. The molecular formula is C13H25NO2S. The monoisotopic (exact) mass is 259 g/mol. The van der Waals surface area contributed by atoms with Crippen LogP contribution in [0.3, 0.4) is 0 Å². The van der Waals surface area contributed by atoms with Gasteiger partial charge < -0.3 is 10.4 Å². The molecule has 2 N–H and O–H groups in total. The Morgan fingerprint density at radius 1 is 1.41 bits per heavy atom. The molecule has 0 aromatic carbocycles. The second-order valence-corrected chi connectivity index (χ2v) is 5.95. The third kappa shape index (κ3) is 5.77. The summed E-state index contributed by atoms with van der Waals surface area (Å²) in [4.78, 5) is 11.6. The third-order valence-electron chi connectivity index (χ3n) is 3.49. The van der Waals surface area contributed by atoms with Crippen LogP contribution in [0.5, 0.6) is 0 Å². The van der Waals surface area contributed by atoms with E-state index in [1.165, 1.54) is 19.3 Å². The van der Waals surface area contributed by atoms with Crippen molar-refractivity contribution < 1.29 is 9.90 Å². The molecule has 0 aliphatic heterocycles. The number of thioether (sulfide) groups is 1.